The van der Waals surface area contributed by atoms with E-state index >= 15 is 0 Å². The Hall–Kier alpha value is -1.81. The van der Waals surface area contributed by atoms with E-state index in [9.17, 15) is 9.90 Å². The van der Waals surface area contributed by atoms with Gasteiger partial charge in [0.15, 0.2) is 0 Å². The van der Waals surface area contributed by atoms with Gasteiger partial charge in [0.25, 0.3) is 0 Å². The summed E-state index contributed by atoms with van der Waals surface area (Å²) in [5, 5.41) is 9.28. The van der Waals surface area contributed by atoms with Crippen molar-refractivity contribution in [3.63, 3.8) is 0 Å². The Bertz CT molecular complexity index is 599. The molecule has 0 saturated carbocycles. The highest BCUT2D eigenvalue weighted by Gasteiger charge is 2.13. The molecule has 0 atom stereocenters. The van der Waals surface area contributed by atoms with E-state index in [1.54, 1.807) is 6.07 Å². The van der Waals surface area contributed by atoms with E-state index in [2.05, 4.69) is 28.1 Å². The average molecular weight is 334 g/mol. The third kappa shape index (κ3) is 3.61. The van der Waals surface area contributed by atoms with Gasteiger partial charge in [-0.3, -0.25) is 0 Å². The standard InChI is InChI=1S/C16H16BrNO2/c1-18(10-9-12-5-3-2-4-6-12)15-8-7-13(17)11-14(15)16(19)20/h2-8,11H,9-10H2,1H3,(H,19,20). The van der Waals surface area contributed by atoms with Crippen molar-refractivity contribution in [2.75, 3.05) is 18.5 Å². The van der Waals surface area contributed by atoms with Crippen molar-refractivity contribution in [3.05, 3.63) is 64.1 Å². The molecule has 0 unspecified atom stereocenters. The molecular weight excluding hydrogens is 318 g/mol. The molecule has 0 bridgehead atoms. The van der Waals surface area contributed by atoms with Gasteiger partial charge in [-0.15, -0.1) is 0 Å². The monoisotopic (exact) mass is 333 g/mol. The third-order valence-corrected chi connectivity index (χ3v) is 3.67. The zero-order valence-corrected chi connectivity index (χ0v) is 12.8. The topological polar surface area (TPSA) is 40.5 Å². The predicted molar refractivity (Wildman–Crippen MR) is 84.5 cm³/mol. The number of hydrogen-bond acceptors (Lipinski definition) is 2. The number of carboxylic acid groups (broad SMARTS) is 1. The summed E-state index contributed by atoms with van der Waals surface area (Å²) in [6.07, 6.45) is 0.881. The molecule has 0 heterocycles. The van der Waals surface area contributed by atoms with E-state index in [1.807, 2.05) is 42.3 Å². The van der Waals surface area contributed by atoms with Crippen LogP contribution in [0.1, 0.15) is 15.9 Å². The quantitative estimate of drug-likeness (QED) is 0.904. The van der Waals surface area contributed by atoms with Crippen LogP contribution in [0.2, 0.25) is 0 Å². The van der Waals surface area contributed by atoms with Crippen LogP contribution in [0, 0.1) is 0 Å². The maximum absolute atomic E-state index is 11.3. The molecule has 0 amide bonds. The number of halogens is 1. The number of rotatable bonds is 5. The van der Waals surface area contributed by atoms with E-state index in [4.69, 9.17) is 0 Å². The minimum atomic E-state index is -0.909. The number of anilines is 1. The minimum absolute atomic E-state index is 0.315. The molecule has 0 fully saturated rings. The van der Waals surface area contributed by atoms with E-state index in [0.29, 0.717) is 5.56 Å². The lowest BCUT2D eigenvalue weighted by Crippen LogP contribution is -2.22. The van der Waals surface area contributed by atoms with Crippen LogP contribution in [0.5, 0.6) is 0 Å². The van der Waals surface area contributed by atoms with Gasteiger partial charge in [-0.1, -0.05) is 46.3 Å². The van der Waals surface area contributed by atoms with Crippen molar-refractivity contribution in [1.29, 1.82) is 0 Å². The van der Waals surface area contributed by atoms with Crippen LogP contribution in [0.4, 0.5) is 5.69 Å². The van der Waals surface area contributed by atoms with Crippen LogP contribution in [-0.2, 0) is 6.42 Å². The molecule has 0 radical (unpaired) electrons. The number of nitrogens with zero attached hydrogens (tertiary/aromatic N) is 1. The van der Waals surface area contributed by atoms with Crippen molar-refractivity contribution in [1.82, 2.24) is 0 Å². The zero-order chi connectivity index (χ0) is 14.5. The summed E-state index contributed by atoms with van der Waals surface area (Å²) in [5.41, 5.74) is 2.29. The van der Waals surface area contributed by atoms with Crippen molar-refractivity contribution < 1.29 is 9.90 Å². The van der Waals surface area contributed by atoms with Crippen LogP contribution in [-0.4, -0.2) is 24.7 Å². The fourth-order valence-electron chi connectivity index (χ4n) is 2.07. The van der Waals surface area contributed by atoms with Gasteiger partial charge in [0.1, 0.15) is 0 Å². The van der Waals surface area contributed by atoms with E-state index in [-0.39, 0.29) is 0 Å². The Balaban J connectivity index is 2.13. The number of benzene rings is 2. The van der Waals surface area contributed by atoms with E-state index < -0.39 is 5.97 Å². The summed E-state index contributed by atoms with van der Waals surface area (Å²) in [5.74, 6) is -0.909. The summed E-state index contributed by atoms with van der Waals surface area (Å²) in [7, 11) is 1.92. The number of carbonyl (C=O) groups is 1. The Morgan fingerprint density at radius 3 is 2.55 bits per heavy atom. The first kappa shape index (κ1) is 14.6. The van der Waals surface area contributed by atoms with Crippen molar-refractivity contribution in [2.24, 2.45) is 0 Å². The molecule has 2 aromatic rings. The molecule has 0 aliphatic carbocycles. The molecule has 0 aliphatic heterocycles. The lowest BCUT2D eigenvalue weighted by atomic mass is 10.1. The minimum Gasteiger partial charge on any atom is -0.478 e. The average Bonchev–Trinajstić information content (AvgIpc) is 2.45. The van der Waals surface area contributed by atoms with E-state index in [1.165, 1.54) is 5.56 Å². The summed E-state index contributed by atoms with van der Waals surface area (Å²) < 4.78 is 0.773. The van der Waals surface area contributed by atoms with Crippen LogP contribution in [0.15, 0.2) is 53.0 Å². The maximum Gasteiger partial charge on any atom is 0.337 e. The molecule has 3 nitrogen and oxygen atoms in total. The second-order valence-corrected chi connectivity index (χ2v) is 5.54. The van der Waals surface area contributed by atoms with Crippen LogP contribution in [0.25, 0.3) is 0 Å². The first-order valence-corrected chi connectivity index (χ1v) is 7.15. The van der Waals surface area contributed by atoms with Crippen molar-refractivity contribution in [2.45, 2.75) is 6.42 Å². The SMILES string of the molecule is CN(CCc1ccccc1)c1ccc(Br)cc1C(=O)O. The summed E-state index contributed by atoms with van der Waals surface area (Å²) in [4.78, 5) is 13.3. The van der Waals surface area contributed by atoms with Crippen LogP contribution in [0.3, 0.4) is 0 Å². The lowest BCUT2D eigenvalue weighted by Gasteiger charge is -2.21. The highest BCUT2D eigenvalue weighted by Crippen LogP contribution is 2.24. The van der Waals surface area contributed by atoms with Gasteiger partial charge in [-0.05, 0) is 30.2 Å². The van der Waals surface area contributed by atoms with Gasteiger partial charge in [0.05, 0.1) is 11.3 Å². The molecule has 20 heavy (non-hydrogen) atoms. The molecule has 4 heteroatoms. The van der Waals surface area contributed by atoms with Gasteiger partial charge in [-0.25, -0.2) is 4.79 Å². The van der Waals surface area contributed by atoms with Crippen LogP contribution >= 0.6 is 15.9 Å². The Kier molecular flexibility index (Phi) is 4.79. The summed E-state index contributed by atoms with van der Waals surface area (Å²) >= 11 is 3.31. The maximum atomic E-state index is 11.3. The number of likely N-dealkylation sites (N-methyl/N-ethyl adjacent to an activating group) is 1. The second-order valence-electron chi connectivity index (χ2n) is 4.62. The normalized spacial score (nSPS) is 10.3. The largest absolute Gasteiger partial charge is 0.478 e. The van der Waals surface area contributed by atoms with Gasteiger partial charge in [0, 0.05) is 18.1 Å². The second kappa shape index (κ2) is 6.57. The summed E-state index contributed by atoms with van der Waals surface area (Å²) in [6.45, 7) is 0.770. The number of hydrogen-bond donors (Lipinski definition) is 1. The molecule has 0 saturated heterocycles. The van der Waals surface area contributed by atoms with E-state index in [0.717, 1.165) is 23.1 Å². The number of carboxylic acids is 1. The first-order chi connectivity index (χ1) is 9.58. The molecule has 104 valence electrons. The Morgan fingerprint density at radius 1 is 1.20 bits per heavy atom. The van der Waals surface area contributed by atoms with Crippen molar-refractivity contribution in [3.8, 4) is 0 Å². The summed E-state index contributed by atoms with van der Waals surface area (Å²) in [6, 6.07) is 15.5. The molecule has 0 spiro atoms. The number of aromatic carboxylic acids is 1. The van der Waals surface area contributed by atoms with Gasteiger partial charge in [-0.2, -0.15) is 0 Å². The third-order valence-electron chi connectivity index (χ3n) is 3.18. The highest BCUT2D eigenvalue weighted by atomic mass is 79.9. The van der Waals surface area contributed by atoms with Crippen LogP contribution < -0.4 is 4.90 Å². The van der Waals surface area contributed by atoms with Gasteiger partial charge >= 0.3 is 5.97 Å². The molecular formula is C16H16BrNO2. The molecule has 1 N–H and O–H groups in total. The Labute approximate surface area is 127 Å². The first-order valence-electron chi connectivity index (χ1n) is 6.36. The molecule has 2 aromatic carbocycles. The fraction of sp³-hybridized carbons (Fsp3) is 0.188. The highest BCUT2D eigenvalue weighted by molar-refractivity contribution is 9.10. The molecule has 0 aromatic heterocycles. The Morgan fingerprint density at radius 2 is 1.90 bits per heavy atom. The molecule has 2 rings (SSSR count). The predicted octanol–water partition coefficient (Wildman–Crippen LogP) is 3.83. The van der Waals surface area contributed by atoms with Gasteiger partial charge < -0.3 is 10.0 Å². The lowest BCUT2D eigenvalue weighted by molar-refractivity contribution is 0.0697. The fourth-order valence-corrected chi connectivity index (χ4v) is 2.44. The smallest absolute Gasteiger partial charge is 0.337 e. The van der Waals surface area contributed by atoms with Gasteiger partial charge in [0.2, 0.25) is 0 Å². The molecule has 0 aliphatic rings. The zero-order valence-electron chi connectivity index (χ0n) is 11.2. The van der Waals surface area contributed by atoms with Crippen molar-refractivity contribution >= 4 is 27.6 Å².